The molecule has 0 spiro atoms. The summed E-state index contributed by atoms with van der Waals surface area (Å²) in [5.41, 5.74) is 2.41. The Morgan fingerprint density at radius 2 is 1.27 bits per heavy atom. The van der Waals surface area contributed by atoms with Crippen molar-refractivity contribution >= 4 is 23.1 Å². The Morgan fingerprint density at radius 3 is 1.80 bits per heavy atom. The molecule has 15 heavy (non-hydrogen) atoms. The Morgan fingerprint density at radius 1 is 0.800 bits per heavy atom. The number of rotatable bonds is 0. The van der Waals surface area contributed by atoms with Gasteiger partial charge in [-0.2, -0.15) is 0 Å². The largest absolute Gasteiger partial charge is 1.00 e. The van der Waals surface area contributed by atoms with E-state index in [1.807, 2.05) is 11.8 Å². The summed E-state index contributed by atoms with van der Waals surface area (Å²) in [5, 5.41) is 3.42. The van der Waals surface area contributed by atoms with Crippen LogP contribution in [0.2, 0.25) is 0 Å². The van der Waals surface area contributed by atoms with Crippen LogP contribution in [0.1, 0.15) is 1.43 Å². The van der Waals surface area contributed by atoms with Crippen LogP contribution in [0.15, 0.2) is 58.3 Å². The van der Waals surface area contributed by atoms with Crippen molar-refractivity contribution in [2.24, 2.45) is 0 Å². The molecule has 0 bridgehead atoms. The van der Waals surface area contributed by atoms with Gasteiger partial charge < -0.3 is 6.74 Å². The van der Waals surface area contributed by atoms with Gasteiger partial charge >= 0.3 is 29.6 Å². The molecule has 1 N–H and O–H groups in total. The van der Waals surface area contributed by atoms with Crippen LogP contribution in [0, 0.1) is 0 Å². The molecule has 2 aromatic rings. The average molecular weight is 223 g/mol. The Balaban J connectivity index is 0.000000640. The summed E-state index contributed by atoms with van der Waals surface area (Å²) in [6.07, 6.45) is 0. The number of para-hydroxylation sites is 2. The van der Waals surface area contributed by atoms with Gasteiger partial charge in [0.2, 0.25) is 0 Å². The second kappa shape index (κ2) is 4.62. The van der Waals surface area contributed by atoms with Crippen molar-refractivity contribution in [2.45, 2.75) is 9.79 Å². The monoisotopic (exact) mass is 223 g/mol. The Labute approximate surface area is 117 Å². The molecule has 0 fully saturated rings. The first-order valence-corrected chi connectivity index (χ1v) is 5.38. The third-order valence-electron chi connectivity index (χ3n) is 2.26. The van der Waals surface area contributed by atoms with Crippen LogP contribution in [-0.4, -0.2) is 0 Å². The van der Waals surface area contributed by atoms with Gasteiger partial charge in [-0.05, 0) is 24.3 Å². The van der Waals surface area contributed by atoms with Crippen LogP contribution in [0.5, 0.6) is 0 Å². The summed E-state index contributed by atoms with van der Waals surface area (Å²) in [6.45, 7) is 0. The van der Waals surface area contributed by atoms with E-state index in [4.69, 9.17) is 0 Å². The fourth-order valence-electron chi connectivity index (χ4n) is 1.58. The van der Waals surface area contributed by atoms with Gasteiger partial charge in [0.1, 0.15) is 0 Å². The van der Waals surface area contributed by atoms with Crippen molar-refractivity contribution < 1.29 is 31.0 Å². The molecule has 1 aliphatic heterocycles. The van der Waals surface area contributed by atoms with E-state index in [-0.39, 0.29) is 31.0 Å². The maximum absolute atomic E-state index is 3.42. The first-order chi connectivity index (χ1) is 6.93. The number of hydrogen-bond acceptors (Lipinski definition) is 2. The van der Waals surface area contributed by atoms with E-state index in [1.54, 1.807) is 0 Å². The minimum absolute atomic E-state index is 0. The van der Waals surface area contributed by atoms with E-state index >= 15 is 0 Å². The van der Waals surface area contributed by atoms with Crippen molar-refractivity contribution in [3.05, 3.63) is 48.5 Å². The zero-order valence-electron chi connectivity index (χ0n) is 9.53. The van der Waals surface area contributed by atoms with Gasteiger partial charge in [-0.3, -0.25) is 0 Å². The predicted molar refractivity (Wildman–Crippen MR) is 61.4 cm³/mol. The second-order valence-electron chi connectivity index (χ2n) is 3.22. The summed E-state index contributed by atoms with van der Waals surface area (Å²) in [6, 6.07) is 16.8. The molecule has 0 aliphatic carbocycles. The first kappa shape index (κ1) is 11.1. The van der Waals surface area contributed by atoms with Crippen LogP contribution in [0.25, 0.3) is 0 Å². The number of benzene rings is 2. The van der Waals surface area contributed by atoms with E-state index in [9.17, 15) is 0 Å². The summed E-state index contributed by atoms with van der Waals surface area (Å²) in [7, 11) is 0. The van der Waals surface area contributed by atoms with E-state index in [2.05, 4.69) is 53.8 Å². The fourth-order valence-corrected chi connectivity index (χ4v) is 2.57. The van der Waals surface area contributed by atoms with Crippen LogP contribution in [0.4, 0.5) is 11.4 Å². The molecule has 3 rings (SSSR count). The van der Waals surface area contributed by atoms with E-state index in [0.717, 1.165) is 0 Å². The zero-order valence-corrected chi connectivity index (χ0v) is 11.3. The molecular formula is C12H10NNaS. The molecule has 0 saturated carbocycles. The fraction of sp³-hybridized carbons (Fsp3) is 0. The summed E-state index contributed by atoms with van der Waals surface area (Å²) in [5.74, 6) is 0. The Bertz CT molecular complexity index is 402. The molecule has 1 heterocycles. The molecule has 0 saturated heterocycles. The van der Waals surface area contributed by atoms with Crippen LogP contribution in [-0.2, 0) is 0 Å². The predicted octanol–water partition coefficient (Wildman–Crippen LogP) is 1.01. The minimum Gasteiger partial charge on any atom is -1.00 e. The summed E-state index contributed by atoms with van der Waals surface area (Å²) in [4.78, 5) is 2.59. The van der Waals surface area contributed by atoms with Crippen molar-refractivity contribution in [2.75, 3.05) is 5.32 Å². The molecule has 0 amide bonds. The normalized spacial score (nSPS) is 11.7. The summed E-state index contributed by atoms with van der Waals surface area (Å²) < 4.78 is 0. The summed E-state index contributed by atoms with van der Waals surface area (Å²) >= 11 is 1.82. The first-order valence-electron chi connectivity index (χ1n) is 4.56. The third-order valence-corrected chi connectivity index (χ3v) is 3.42. The average Bonchev–Trinajstić information content (AvgIpc) is 2.26. The van der Waals surface area contributed by atoms with Crippen molar-refractivity contribution in [3.8, 4) is 0 Å². The van der Waals surface area contributed by atoms with Gasteiger partial charge in [-0.1, -0.05) is 36.0 Å². The molecule has 1 aliphatic rings. The van der Waals surface area contributed by atoms with Crippen LogP contribution >= 0.6 is 11.8 Å². The van der Waals surface area contributed by atoms with Crippen molar-refractivity contribution in [3.63, 3.8) is 0 Å². The molecule has 3 heteroatoms. The molecule has 0 radical (unpaired) electrons. The molecule has 70 valence electrons. The maximum Gasteiger partial charge on any atom is 1.00 e. The van der Waals surface area contributed by atoms with Gasteiger partial charge in [0.25, 0.3) is 0 Å². The molecule has 2 aromatic carbocycles. The van der Waals surface area contributed by atoms with Crippen molar-refractivity contribution in [1.82, 2.24) is 0 Å². The second-order valence-corrected chi connectivity index (χ2v) is 4.30. The molecule has 0 atom stereocenters. The van der Waals surface area contributed by atoms with E-state index < -0.39 is 0 Å². The minimum atomic E-state index is 0. The maximum atomic E-state index is 3.42. The Kier molecular flexibility index (Phi) is 3.42. The quantitative estimate of drug-likeness (QED) is 0.571. The Hall–Kier alpha value is -0.410. The number of hydrogen-bond donors (Lipinski definition) is 1. The van der Waals surface area contributed by atoms with Gasteiger partial charge in [-0.15, -0.1) is 0 Å². The number of anilines is 2. The smallest absolute Gasteiger partial charge is 1.00 e. The van der Waals surface area contributed by atoms with Gasteiger partial charge in [0, 0.05) is 9.79 Å². The van der Waals surface area contributed by atoms with Gasteiger partial charge in [0.05, 0.1) is 11.4 Å². The van der Waals surface area contributed by atoms with E-state index in [0.29, 0.717) is 0 Å². The zero-order chi connectivity index (χ0) is 9.38. The molecule has 1 nitrogen and oxygen atoms in total. The van der Waals surface area contributed by atoms with Gasteiger partial charge in [-0.25, -0.2) is 0 Å². The third kappa shape index (κ3) is 2.08. The van der Waals surface area contributed by atoms with Crippen LogP contribution < -0.4 is 34.9 Å². The number of fused-ring (bicyclic) bond motifs is 2. The topological polar surface area (TPSA) is 12.0 Å². The standard InChI is InChI=1S/C12H9NS.Na.H/c1-3-7-11-9(5-1)13-10-6-2-4-8-12(10)14-11;;/h1-8,13H;;/q;+1;-1. The van der Waals surface area contributed by atoms with Crippen LogP contribution in [0.3, 0.4) is 0 Å². The number of nitrogens with one attached hydrogen (secondary N) is 1. The molecule has 0 aromatic heterocycles. The SMILES string of the molecule is [H-].[Na+].c1ccc2c(c1)Nc1ccccc1S2. The van der Waals surface area contributed by atoms with Gasteiger partial charge in [0.15, 0.2) is 0 Å². The molecular weight excluding hydrogens is 213 g/mol. The van der Waals surface area contributed by atoms with Crippen molar-refractivity contribution in [1.29, 1.82) is 0 Å². The van der Waals surface area contributed by atoms with E-state index in [1.165, 1.54) is 21.2 Å². The molecule has 0 unspecified atom stereocenters.